The zero-order chi connectivity index (χ0) is 9.19. The quantitative estimate of drug-likeness (QED) is 0.643. The van der Waals surface area contributed by atoms with Crippen molar-refractivity contribution in [2.45, 2.75) is 30.8 Å². The van der Waals surface area contributed by atoms with Gasteiger partial charge in [-0.3, -0.25) is 4.21 Å². The van der Waals surface area contributed by atoms with E-state index in [1.807, 2.05) is 18.7 Å². The fourth-order valence-corrected chi connectivity index (χ4v) is 4.96. The van der Waals surface area contributed by atoms with E-state index in [9.17, 15) is 4.21 Å². The van der Waals surface area contributed by atoms with Gasteiger partial charge in [-0.25, -0.2) is 0 Å². The summed E-state index contributed by atoms with van der Waals surface area (Å²) in [6, 6.07) is 0. The second-order valence-electron chi connectivity index (χ2n) is 3.52. The van der Waals surface area contributed by atoms with E-state index in [0.717, 1.165) is 29.9 Å². The predicted molar refractivity (Wildman–Crippen MR) is 57.9 cm³/mol. The van der Waals surface area contributed by atoms with Crippen LogP contribution in [0.3, 0.4) is 0 Å². The number of thioether (sulfide) groups is 1. The van der Waals surface area contributed by atoms with Crippen molar-refractivity contribution >= 4 is 22.6 Å². The second-order valence-corrected chi connectivity index (χ2v) is 7.38. The van der Waals surface area contributed by atoms with Crippen molar-refractivity contribution in [2.24, 2.45) is 0 Å². The number of hydrogen-bond acceptors (Lipinski definition) is 2. The van der Waals surface area contributed by atoms with E-state index in [-0.39, 0.29) is 4.08 Å². The summed E-state index contributed by atoms with van der Waals surface area (Å²) >= 11 is 1.84. The molecule has 0 aliphatic carbocycles. The van der Waals surface area contributed by atoms with Crippen molar-refractivity contribution in [3.8, 4) is 0 Å². The summed E-state index contributed by atoms with van der Waals surface area (Å²) in [6.45, 7) is 7.99. The molecule has 0 amide bonds. The van der Waals surface area contributed by atoms with Crippen LogP contribution in [0.5, 0.6) is 0 Å². The van der Waals surface area contributed by atoms with Crippen LogP contribution >= 0.6 is 11.8 Å². The lowest BCUT2D eigenvalue weighted by molar-refractivity contribution is 0.660. The lowest BCUT2D eigenvalue weighted by Gasteiger charge is -2.32. The summed E-state index contributed by atoms with van der Waals surface area (Å²) in [5.74, 6) is 2.02. The minimum absolute atomic E-state index is 0.0515. The number of allylic oxidation sites excluding steroid dienone is 1. The molecule has 1 unspecified atom stereocenters. The largest absolute Gasteiger partial charge is 0.258 e. The van der Waals surface area contributed by atoms with Gasteiger partial charge in [-0.05, 0) is 32.4 Å². The second kappa shape index (κ2) is 3.97. The van der Waals surface area contributed by atoms with Gasteiger partial charge in [0.2, 0.25) is 0 Å². The molecule has 1 aliphatic rings. The summed E-state index contributed by atoms with van der Waals surface area (Å²) in [4.78, 5) is 0. The first-order chi connectivity index (χ1) is 5.54. The van der Waals surface area contributed by atoms with E-state index >= 15 is 0 Å². The van der Waals surface area contributed by atoms with Crippen molar-refractivity contribution < 1.29 is 4.21 Å². The van der Waals surface area contributed by atoms with Crippen LogP contribution in [0.25, 0.3) is 0 Å². The fraction of sp³-hybridized carbons (Fsp3) is 0.778. The Bertz CT molecular complexity index is 213. The van der Waals surface area contributed by atoms with Crippen LogP contribution in [0.4, 0.5) is 0 Å². The Morgan fingerprint density at radius 1 is 1.75 bits per heavy atom. The van der Waals surface area contributed by atoms with Gasteiger partial charge in [0.25, 0.3) is 0 Å². The first-order valence-corrected chi connectivity index (χ1v) is 6.52. The lowest BCUT2D eigenvalue weighted by atomic mass is 10.2. The van der Waals surface area contributed by atoms with Gasteiger partial charge in [-0.1, -0.05) is 5.57 Å². The Balaban J connectivity index is 2.66. The molecule has 1 nitrogen and oxygen atoms in total. The molecule has 0 N–H and O–H groups in total. The van der Waals surface area contributed by atoms with Crippen LogP contribution in [0.1, 0.15) is 26.7 Å². The molecule has 1 aliphatic heterocycles. The normalized spacial score (nSPS) is 36.3. The van der Waals surface area contributed by atoms with Crippen molar-refractivity contribution in [3.63, 3.8) is 0 Å². The first kappa shape index (κ1) is 10.3. The molecule has 0 saturated carbocycles. The van der Waals surface area contributed by atoms with Gasteiger partial charge in [-0.15, -0.1) is 18.3 Å². The highest BCUT2D eigenvalue weighted by Crippen LogP contribution is 2.38. The van der Waals surface area contributed by atoms with E-state index in [1.165, 1.54) is 0 Å². The van der Waals surface area contributed by atoms with Crippen LogP contribution in [-0.2, 0) is 10.8 Å². The summed E-state index contributed by atoms with van der Waals surface area (Å²) < 4.78 is 11.6. The number of hydrogen-bond donors (Lipinski definition) is 0. The van der Waals surface area contributed by atoms with Gasteiger partial charge in [0.05, 0.1) is 4.08 Å². The molecule has 70 valence electrons. The predicted octanol–water partition coefficient (Wildman–Crippen LogP) is 2.55. The first-order valence-electron chi connectivity index (χ1n) is 4.21. The smallest absolute Gasteiger partial charge is 0.0917 e. The fourth-order valence-electron chi connectivity index (χ4n) is 1.44. The SMILES string of the molecule is C=C(C)C[C@]1(C)SCCCS1=O. The van der Waals surface area contributed by atoms with E-state index in [0.29, 0.717) is 0 Å². The minimum atomic E-state index is -0.662. The molecule has 1 fully saturated rings. The molecular weight excluding hydrogens is 188 g/mol. The molecular formula is C9H16OS2. The molecule has 1 heterocycles. The van der Waals surface area contributed by atoms with Gasteiger partial charge in [-0.2, -0.15) is 0 Å². The van der Waals surface area contributed by atoms with Gasteiger partial charge in [0.15, 0.2) is 0 Å². The van der Waals surface area contributed by atoms with Gasteiger partial charge < -0.3 is 0 Å². The molecule has 0 aromatic heterocycles. The minimum Gasteiger partial charge on any atom is -0.258 e. The van der Waals surface area contributed by atoms with E-state index < -0.39 is 10.8 Å². The van der Waals surface area contributed by atoms with Crippen molar-refractivity contribution in [1.29, 1.82) is 0 Å². The summed E-state index contributed by atoms with van der Waals surface area (Å²) in [6.07, 6.45) is 1.99. The highest BCUT2D eigenvalue weighted by Gasteiger charge is 2.34. The Kier molecular flexibility index (Phi) is 3.41. The molecule has 2 atom stereocenters. The molecule has 0 aromatic rings. The van der Waals surface area contributed by atoms with Crippen LogP contribution < -0.4 is 0 Å². The third kappa shape index (κ3) is 2.36. The molecule has 0 bridgehead atoms. The zero-order valence-corrected chi connectivity index (χ0v) is 9.39. The van der Waals surface area contributed by atoms with Crippen molar-refractivity contribution in [1.82, 2.24) is 0 Å². The average Bonchev–Trinajstić information content (AvgIpc) is 1.94. The molecule has 0 radical (unpaired) electrons. The van der Waals surface area contributed by atoms with Crippen molar-refractivity contribution in [2.75, 3.05) is 11.5 Å². The highest BCUT2D eigenvalue weighted by molar-refractivity contribution is 8.13. The maximum Gasteiger partial charge on any atom is 0.0917 e. The molecule has 1 rings (SSSR count). The number of rotatable bonds is 2. The van der Waals surface area contributed by atoms with Crippen molar-refractivity contribution in [3.05, 3.63) is 12.2 Å². The summed E-state index contributed by atoms with van der Waals surface area (Å²) in [5.41, 5.74) is 1.14. The van der Waals surface area contributed by atoms with E-state index in [2.05, 4.69) is 13.5 Å². The Morgan fingerprint density at radius 3 is 2.92 bits per heavy atom. The van der Waals surface area contributed by atoms with E-state index in [4.69, 9.17) is 0 Å². The zero-order valence-electron chi connectivity index (χ0n) is 7.76. The topological polar surface area (TPSA) is 17.1 Å². The van der Waals surface area contributed by atoms with Crippen LogP contribution in [-0.4, -0.2) is 19.8 Å². The third-order valence-electron chi connectivity index (χ3n) is 1.99. The monoisotopic (exact) mass is 204 g/mol. The molecule has 0 spiro atoms. The van der Waals surface area contributed by atoms with Gasteiger partial charge in [0, 0.05) is 16.6 Å². The summed E-state index contributed by atoms with van der Waals surface area (Å²) in [5, 5.41) is 0. The third-order valence-corrected chi connectivity index (χ3v) is 5.91. The standard InChI is InChI=1S/C9H16OS2/c1-8(2)7-9(3)11-5-4-6-12(9)10/h1,4-7H2,2-3H3/t9-,12?/m1/s1. The molecule has 1 saturated heterocycles. The average molecular weight is 204 g/mol. The Labute approximate surface area is 81.5 Å². The van der Waals surface area contributed by atoms with Crippen LogP contribution in [0, 0.1) is 0 Å². The summed E-state index contributed by atoms with van der Waals surface area (Å²) in [7, 11) is -0.662. The molecule has 3 heteroatoms. The maximum atomic E-state index is 11.7. The van der Waals surface area contributed by atoms with Crippen LogP contribution in [0.2, 0.25) is 0 Å². The van der Waals surface area contributed by atoms with Gasteiger partial charge in [0.1, 0.15) is 0 Å². The van der Waals surface area contributed by atoms with Gasteiger partial charge >= 0.3 is 0 Å². The van der Waals surface area contributed by atoms with E-state index in [1.54, 1.807) is 0 Å². The Morgan fingerprint density at radius 2 is 2.42 bits per heavy atom. The van der Waals surface area contributed by atoms with Crippen LogP contribution in [0.15, 0.2) is 12.2 Å². The highest BCUT2D eigenvalue weighted by atomic mass is 32.2. The lowest BCUT2D eigenvalue weighted by Crippen LogP contribution is -2.33. The molecule has 0 aromatic carbocycles. The maximum absolute atomic E-state index is 11.7. The Hall–Kier alpha value is 0.240. The molecule has 12 heavy (non-hydrogen) atoms.